The molecule has 1 rings (SSSR count). The molecule has 1 aromatic carbocycles. The summed E-state index contributed by atoms with van der Waals surface area (Å²) in [5.74, 6) is 0. The maximum atomic E-state index is 10.2. The topological polar surface area (TPSA) is 49.3 Å². The fraction of sp³-hybridized carbons (Fsp3) is 0.125. The monoisotopic (exact) mass is 183 g/mol. The molecule has 12 heavy (non-hydrogen) atoms. The van der Waals surface area contributed by atoms with Gasteiger partial charge in [0.2, 0.25) is 0 Å². The average molecular weight is 183 g/mol. The normalized spacial score (nSPS) is 9.42. The Morgan fingerprint density at radius 2 is 2.00 bits per heavy atom. The standard InChI is InChI=1S/C8H9NO2S/c1-12-7-4-2-6(3-5-7)9-8(10)11/h2-5,9H,1H3,(H,10,11). The molecular weight excluding hydrogens is 174 g/mol. The van der Waals surface area contributed by atoms with Gasteiger partial charge in [0, 0.05) is 10.6 Å². The van der Waals surface area contributed by atoms with Crippen LogP contribution in [0.2, 0.25) is 0 Å². The summed E-state index contributed by atoms with van der Waals surface area (Å²) in [7, 11) is 0. The number of nitrogens with one attached hydrogen (secondary N) is 1. The molecule has 1 aromatic rings. The fourth-order valence-electron chi connectivity index (χ4n) is 0.798. The van der Waals surface area contributed by atoms with Crippen LogP contribution in [-0.4, -0.2) is 17.5 Å². The Morgan fingerprint density at radius 1 is 1.42 bits per heavy atom. The largest absolute Gasteiger partial charge is 0.465 e. The first kappa shape index (κ1) is 8.93. The lowest BCUT2D eigenvalue weighted by Gasteiger charge is -2.00. The maximum absolute atomic E-state index is 10.2. The summed E-state index contributed by atoms with van der Waals surface area (Å²) < 4.78 is 0. The molecule has 0 aliphatic carbocycles. The Kier molecular flexibility index (Phi) is 2.99. The highest BCUT2D eigenvalue weighted by Crippen LogP contribution is 2.17. The summed E-state index contributed by atoms with van der Waals surface area (Å²) >= 11 is 1.62. The zero-order valence-corrected chi connectivity index (χ0v) is 7.39. The number of carbonyl (C=O) groups is 1. The summed E-state index contributed by atoms with van der Waals surface area (Å²) in [5.41, 5.74) is 0.598. The Bertz CT molecular complexity index is 271. The number of thioether (sulfide) groups is 1. The van der Waals surface area contributed by atoms with Crippen molar-refractivity contribution in [2.75, 3.05) is 11.6 Å². The molecule has 0 aliphatic heterocycles. The van der Waals surface area contributed by atoms with Gasteiger partial charge < -0.3 is 5.11 Å². The lowest BCUT2D eigenvalue weighted by Crippen LogP contribution is -2.06. The van der Waals surface area contributed by atoms with Crippen molar-refractivity contribution in [2.24, 2.45) is 0 Å². The number of carboxylic acid groups (broad SMARTS) is 1. The van der Waals surface area contributed by atoms with Crippen molar-refractivity contribution in [1.29, 1.82) is 0 Å². The van der Waals surface area contributed by atoms with Gasteiger partial charge in [-0.15, -0.1) is 11.8 Å². The van der Waals surface area contributed by atoms with Crippen molar-refractivity contribution in [1.82, 2.24) is 0 Å². The predicted octanol–water partition coefficient (Wildman–Crippen LogP) is 2.50. The predicted molar refractivity (Wildman–Crippen MR) is 49.9 cm³/mol. The summed E-state index contributed by atoms with van der Waals surface area (Å²) in [4.78, 5) is 11.3. The van der Waals surface area contributed by atoms with Crippen LogP contribution in [-0.2, 0) is 0 Å². The van der Waals surface area contributed by atoms with Crippen molar-refractivity contribution in [2.45, 2.75) is 4.90 Å². The van der Waals surface area contributed by atoms with Crippen LogP contribution in [0, 0.1) is 0 Å². The molecule has 1 amide bonds. The van der Waals surface area contributed by atoms with E-state index in [9.17, 15) is 4.79 Å². The molecule has 3 nitrogen and oxygen atoms in total. The zero-order valence-electron chi connectivity index (χ0n) is 6.57. The average Bonchev–Trinajstić information content (AvgIpc) is 2.05. The second kappa shape index (κ2) is 4.01. The van der Waals surface area contributed by atoms with Gasteiger partial charge in [-0.2, -0.15) is 0 Å². The third kappa shape index (κ3) is 2.47. The molecule has 0 aromatic heterocycles. The highest BCUT2D eigenvalue weighted by Gasteiger charge is 1.96. The number of hydrogen-bond donors (Lipinski definition) is 2. The van der Waals surface area contributed by atoms with Crippen molar-refractivity contribution in [3.05, 3.63) is 24.3 Å². The van der Waals surface area contributed by atoms with Gasteiger partial charge in [-0.25, -0.2) is 4.79 Å². The van der Waals surface area contributed by atoms with Gasteiger partial charge in [-0.1, -0.05) is 0 Å². The third-order valence-corrected chi connectivity index (χ3v) is 2.08. The van der Waals surface area contributed by atoms with Crippen molar-refractivity contribution < 1.29 is 9.90 Å². The van der Waals surface area contributed by atoms with Gasteiger partial charge >= 0.3 is 6.09 Å². The van der Waals surface area contributed by atoms with Crippen LogP contribution in [0.5, 0.6) is 0 Å². The summed E-state index contributed by atoms with van der Waals surface area (Å²) in [5, 5.41) is 10.6. The van der Waals surface area contributed by atoms with E-state index in [1.807, 2.05) is 18.4 Å². The van der Waals surface area contributed by atoms with Crippen LogP contribution in [0.15, 0.2) is 29.2 Å². The molecule has 2 N–H and O–H groups in total. The van der Waals surface area contributed by atoms with E-state index in [4.69, 9.17) is 5.11 Å². The van der Waals surface area contributed by atoms with Crippen molar-refractivity contribution >= 4 is 23.5 Å². The SMILES string of the molecule is CSc1ccc(NC(=O)O)cc1. The van der Waals surface area contributed by atoms with Crippen LogP contribution >= 0.6 is 11.8 Å². The Morgan fingerprint density at radius 3 is 2.42 bits per heavy atom. The van der Waals surface area contributed by atoms with Crippen molar-refractivity contribution in [3.63, 3.8) is 0 Å². The van der Waals surface area contributed by atoms with Crippen LogP contribution in [0.4, 0.5) is 10.5 Å². The van der Waals surface area contributed by atoms with Crippen LogP contribution in [0.3, 0.4) is 0 Å². The molecule has 0 saturated heterocycles. The fourth-order valence-corrected chi connectivity index (χ4v) is 1.21. The van der Waals surface area contributed by atoms with Crippen molar-refractivity contribution in [3.8, 4) is 0 Å². The van der Waals surface area contributed by atoms with E-state index in [0.29, 0.717) is 5.69 Å². The molecule has 0 unspecified atom stereocenters. The second-order valence-corrected chi connectivity index (χ2v) is 3.04. The van der Waals surface area contributed by atoms with E-state index in [1.165, 1.54) is 0 Å². The summed E-state index contributed by atoms with van der Waals surface area (Å²) in [6, 6.07) is 7.21. The number of hydrogen-bond acceptors (Lipinski definition) is 2. The molecule has 0 spiro atoms. The van der Waals surface area contributed by atoms with E-state index < -0.39 is 6.09 Å². The van der Waals surface area contributed by atoms with Crippen LogP contribution < -0.4 is 5.32 Å². The van der Waals surface area contributed by atoms with E-state index in [0.717, 1.165) is 4.90 Å². The first-order valence-corrected chi connectivity index (χ1v) is 4.59. The Hall–Kier alpha value is -1.16. The first-order valence-electron chi connectivity index (χ1n) is 3.36. The molecule has 0 heterocycles. The Balaban J connectivity index is 2.71. The van der Waals surface area contributed by atoms with Crippen LogP contribution in [0.1, 0.15) is 0 Å². The molecule has 0 atom stereocenters. The van der Waals surface area contributed by atoms with Gasteiger partial charge in [0.1, 0.15) is 0 Å². The molecule has 0 bridgehead atoms. The molecule has 4 heteroatoms. The molecule has 0 aliphatic rings. The minimum absolute atomic E-state index is 0.598. The summed E-state index contributed by atoms with van der Waals surface area (Å²) in [6.45, 7) is 0. The number of benzene rings is 1. The molecule has 0 saturated carbocycles. The van der Waals surface area contributed by atoms with Crippen LogP contribution in [0.25, 0.3) is 0 Å². The van der Waals surface area contributed by atoms with Gasteiger partial charge in [0.25, 0.3) is 0 Å². The van der Waals surface area contributed by atoms with Gasteiger partial charge in [-0.3, -0.25) is 5.32 Å². The second-order valence-electron chi connectivity index (χ2n) is 2.16. The lowest BCUT2D eigenvalue weighted by atomic mass is 10.3. The van der Waals surface area contributed by atoms with Gasteiger partial charge in [0.15, 0.2) is 0 Å². The minimum Gasteiger partial charge on any atom is -0.465 e. The number of amides is 1. The molecule has 64 valence electrons. The minimum atomic E-state index is -1.04. The number of rotatable bonds is 2. The molecule has 0 radical (unpaired) electrons. The Labute approximate surface area is 74.8 Å². The molecular formula is C8H9NO2S. The van der Waals surface area contributed by atoms with Gasteiger partial charge in [-0.05, 0) is 30.5 Å². The third-order valence-electron chi connectivity index (χ3n) is 1.34. The first-order chi connectivity index (χ1) is 5.72. The quantitative estimate of drug-likeness (QED) is 0.692. The smallest absolute Gasteiger partial charge is 0.409 e. The molecule has 0 fully saturated rings. The maximum Gasteiger partial charge on any atom is 0.409 e. The summed E-state index contributed by atoms with van der Waals surface area (Å²) in [6.07, 6.45) is 0.937. The highest BCUT2D eigenvalue weighted by atomic mass is 32.2. The highest BCUT2D eigenvalue weighted by molar-refractivity contribution is 7.98. The zero-order chi connectivity index (χ0) is 8.97. The number of anilines is 1. The lowest BCUT2D eigenvalue weighted by molar-refractivity contribution is 0.210. The van der Waals surface area contributed by atoms with E-state index >= 15 is 0 Å². The van der Waals surface area contributed by atoms with E-state index in [-0.39, 0.29) is 0 Å². The van der Waals surface area contributed by atoms with E-state index in [2.05, 4.69) is 5.32 Å². The van der Waals surface area contributed by atoms with Gasteiger partial charge in [0.05, 0.1) is 0 Å². The van der Waals surface area contributed by atoms with E-state index in [1.54, 1.807) is 23.9 Å².